The molecule has 2 aromatic carbocycles. The van der Waals surface area contributed by atoms with Crippen molar-refractivity contribution < 1.29 is 4.74 Å². The lowest BCUT2D eigenvalue weighted by atomic mass is 10.0. The van der Waals surface area contributed by atoms with Gasteiger partial charge >= 0.3 is 0 Å². The van der Waals surface area contributed by atoms with Gasteiger partial charge in [-0.25, -0.2) is 0 Å². The molecule has 0 unspecified atom stereocenters. The zero-order valence-electron chi connectivity index (χ0n) is 12.9. The van der Waals surface area contributed by atoms with Crippen LogP contribution in [-0.4, -0.2) is 13.7 Å². The lowest BCUT2D eigenvalue weighted by Gasteiger charge is -2.14. The predicted octanol–water partition coefficient (Wildman–Crippen LogP) is 4.68. The summed E-state index contributed by atoms with van der Waals surface area (Å²) in [5.74, 6) is 1.01. The molecule has 0 saturated carbocycles. The second-order valence-electron chi connectivity index (χ2n) is 5.28. The van der Waals surface area contributed by atoms with Crippen LogP contribution in [0.5, 0.6) is 5.75 Å². The highest BCUT2D eigenvalue weighted by molar-refractivity contribution is 5.87. The van der Waals surface area contributed by atoms with Crippen molar-refractivity contribution in [3.8, 4) is 5.75 Å². The second kappa shape index (κ2) is 8.48. The molecule has 0 radical (unpaired) electrons. The van der Waals surface area contributed by atoms with Crippen molar-refractivity contribution in [2.75, 3.05) is 13.7 Å². The smallest absolute Gasteiger partial charge is 0.124 e. The number of rotatable bonds is 9. The fraction of sp³-hybridized carbons (Fsp3) is 0.368. The Bertz CT molecular complexity index is 577. The highest BCUT2D eigenvalue weighted by Gasteiger charge is 2.07. The first-order valence-electron chi connectivity index (χ1n) is 7.75. The minimum Gasteiger partial charge on any atom is -0.493 e. The van der Waals surface area contributed by atoms with Crippen molar-refractivity contribution in [3.63, 3.8) is 0 Å². The summed E-state index contributed by atoms with van der Waals surface area (Å²) in [5.41, 5.74) is 1.25. The van der Waals surface area contributed by atoms with Crippen molar-refractivity contribution in [1.29, 1.82) is 0 Å². The Hall–Kier alpha value is -1.80. The molecule has 2 rings (SSSR count). The Morgan fingerprint density at radius 3 is 2.76 bits per heavy atom. The first-order valence-corrected chi connectivity index (χ1v) is 7.75. The molecule has 0 aliphatic heterocycles. The molecule has 1 N–H and O–H groups in total. The fourth-order valence-corrected chi connectivity index (χ4v) is 2.56. The zero-order chi connectivity index (χ0) is 14.9. The number of unbranched alkanes of at least 4 members (excludes halogenated alkanes) is 3. The van der Waals surface area contributed by atoms with Gasteiger partial charge in [-0.15, -0.1) is 6.58 Å². The van der Waals surface area contributed by atoms with Gasteiger partial charge in [0, 0.05) is 12.1 Å². The van der Waals surface area contributed by atoms with Gasteiger partial charge < -0.3 is 10.1 Å². The van der Waals surface area contributed by atoms with Crippen molar-refractivity contribution >= 4 is 10.8 Å². The van der Waals surface area contributed by atoms with Gasteiger partial charge in [0.05, 0.1) is 6.61 Å². The molecular formula is C19H25NO. The maximum atomic E-state index is 6.01. The molecule has 0 saturated heterocycles. The summed E-state index contributed by atoms with van der Waals surface area (Å²) in [7, 11) is 1.97. The molecule has 0 aliphatic carbocycles. The van der Waals surface area contributed by atoms with E-state index in [0.29, 0.717) is 0 Å². The molecule has 2 aromatic rings. The average Bonchev–Trinajstić information content (AvgIpc) is 2.52. The molecule has 0 atom stereocenters. The number of benzene rings is 2. The van der Waals surface area contributed by atoms with E-state index in [1.807, 2.05) is 13.1 Å². The van der Waals surface area contributed by atoms with Crippen LogP contribution >= 0.6 is 0 Å². The molecule has 0 spiro atoms. The van der Waals surface area contributed by atoms with Crippen LogP contribution in [-0.2, 0) is 6.54 Å². The summed E-state index contributed by atoms with van der Waals surface area (Å²) in [6, 6.07) is 12.7. The van der Waals surface area contributed by atoms with Gasteiger partial charge in [-0.1, -0.05) is 36.4 Å². The van der Waals surface area contributed by atoms with E-state index in [1.165, 1.54) is 29.2 Å². The molecule has 0 fully saturated rings. The number of ether oxygens (including phenoxy) is 1. The van der Waals surface area contributed by atoms with Crippen LogP contribution in [0.4, 0.5) is 0 Å². The summed E-state index contributed by atoms with van der Waals surface area (Å²) in [6.45, 7) is 5.36. The summed E-state index contributed by atoms with van der Waals surface area (Å²) < 4.78 is 6.01. The van der Waals surface area contributed by atoms with Gasteiger partial charge in [0.1, 0.15) is 5.75 Å². The van der Waals surface area contributed by atoms with Crippen molar-refractivity contribution in [2.24, 2.45) is 0 Å². The van der Waals surface area contributed by atoms with E-state index in [-0.39, 0.29) is 0 Å². The maximum Gasteiger partial charge on any atom is 0.124 e. The third-order valence-corrected chi connectivity index (χ3v) is 3.66. The van der Waals surface area contributed by atoms with Crippen molar-refractivity contribution in [3.05, 3.63) is 54.6 Å². The summed E-state index contributed by atoms with van der Waals surface area (Å²) in [4.78, 5) is 0. The Labute approximate surface area is 127 Å². The van der Waals surface area contributed by atoms with Crippen molar-refractivity contribution in [2.45, 2.75) is 32.2 Å². The van der Waals surface area contributed by atoms with Crippen LogP contribution in [0.3, 0.4) is 0 Å². The molecule has 2 heteroatoms. The summed E-state index contributed by atoms with van der Waals surface area (Å²) >= 11 is 0. The standard InChI is InChI=1S/C19H25NO/c1-3-4-5-6-9-14-21-19-13-12-16-10-7-8-11-17(16)18(19)15-20-2/h3,7-8,10-13,20H,1,4-6,9,14-15H2,2H3. The first-order chi connectivity index (χ1) is 10.4. The highest BCUT2D eigenvalue weighted by Crippen LogP contribution is 2.28. The second-order valence-corrected chi connectivity index (χ2v) is 5.28. The van der Waals surface area contributed by atoms with Crippen LogP contribution in [0, 0.1) is 0 Å². The van der Waals surface area contributed by atoms with Gasteiger partial charge in [-0.2, -0.15) is 0 Å². The third-order valence-electron chi connectivity index (χ3n) is 3.66. The molecule has 0 bridgehead atoms. The molecule has 0 amide bonds. The topological polar surface area (TPSA) is 21.3 Å². The normalized spacial score (nSPS) is 10.7. The van der Waals surface area contributed by atoms with Gasteiger partial charge in [-0.05, 0) is 49.6 Å². The third kappa shape index (κ3) is 4.33. The van der Waals surface area contributed by atoms with E-state index in [9.17, 15) is 0 Å². The Kier molecular flexibility index (Phi) is 6.29. The van der Waals surface area contributed by atoms with E-state index in [2.05, 4.69) is 48.3 Å². The van der Waals surface area contributed by atoms with E-state index >= 15 is 0 Å². The van der Waals surface area contributed by atoms with Crippen LogP contribution in [0.1, 0.15) is 31.2 Å². The fourth-order valence-electron chi connectivity index (χ4n) is 2.56. The molecule has 2 nitrogen and oxygen atoms in total. The quantitative estimate of drug-likeness (QED) is 0.533. The maximum absolute atomic E-state index is 6.01. The summed E-state index contributed by atoms with van der Waals surface area (Å²) in [6.07, 6.45) is 6.57. The largest absolute Gasteiger partial charge is 0.493 e. The van der Waals surface area contributed by atoms with E-state index < -0.39 is 0 Å². The van der Waals surface area contributed by atoms with E-state index in [4.69, 9.17) is 4.74 Å². The SMILES string of the molecule is C=CCCCCCOc1ccc2ccccc2c1CNC. The predicted molar refractivity (Wildman–Crippen MR) is 90.9 cm³/mol. The number of hydrogen-bond acceptors (Lipinski definition) is 2. The molecule has 0 aromatic heterocycles. The van der Waals surface area contributed by atoms with Gasteiger partial charge in [0.2, 0.25) is 0 Å². The molecule has 0 heterocycles. The van der Waals surface area contributed by atoms with Gasteiger partial charge in [-0.3, -0.25) is 0 Å². The van der Waals surface area contributed by atoms with Gasteiger partial charge in [0.25, 0.3) is 0 Å². The lowest BCUT2D eigenvalue weighted by molar-refractivity contribution is 0.302. The number of hydrogen-bond donors (Lipinski definition) is 1. The number of fused-ring (bicyclic) bond motifs is 1. The molecule has 21 heavy (non-hydrogen) atoms. The minimum atomic E-state index is 0.784. The van der Waals surface area contributed by atoms with E-state index in [1.54, 1.807) is 0 Å². The zero-order valence-corrected chi connectivity index (χ0v) is 12.9. The average molecular weight is 283 g/mol. The van der Waals surface area contributed by atoms with Crippen LogP contribution in [0.25, 0.3) is 10.8 Å². The Morgan fingerprint density at radius 1 is 1.10 bits per heavy atom. The number of nitrogens with one attached hydrogen (secondary N) is 1. The van der Waals surface area contributed by atoms with Gasteiger partial charge in [0.15, 0.2) is 0 Å². The van der Waals surface area contributed by atoms with Crippen LogP contribution in [0.15, 0.2) is 49.1 Å². The Morgan fingerprint density at radius 2 is 1.95 bits per heavy atom. The highest BCUT2D eigenvalue weighted by atomic mass is 16.5. The van der Waals surface area contributed by atoms with E-state index in [0.717, 1.165) is 31.7 Å². The molecule has 112 valence electrons. The monoisotopic (exact) mass is 283 g/mol. The molecule has 0 aliphatic rings. The minimum absolute atomic E-state index is 0.784. The Balaban J connectivity index is 2.04. The lowest BCUT2D eigenvalue weighted by Crippen LogP contribution is -2.09. The number of allylic oxidation sites excluding steroid dienone is 1. The first kappa shape index (κ1) is 15.6. The van der Waals surface area contributed by atoms with Crippen LogP contribution in [0.2, 0.25) is 0 Å². The van der Waals surface area contributed by atoms with Crippen LogP contribution < -0.4 is 10.1 Å². The summed E-state index contributed by atoms with van der Waals surface area (Å²) in [5, 5.41) is 5.78. The molecular weight excluding hydrogens is 258 g/mol. The van der Waals surface area contributed by atoms with Crippen molar-refractivity contribution in [1.82, 2.24) is 5.32 Å².